The van der Waals surface area contributed by atoms with Gasteiger partial charge in [0.2, 0.25) is 0 Å². The van der Waals surface area contributed by atoms with Gasteiger partial charge in [-0.2, -0.15) is 13.2 Å². The number of hydrogen-bond acceptors (Lipinski definition) is 5. The zero-order valence-electron chi connectivity index (χ0n) is 19.6. The molecule has 38 heavy (non-hydrogen) atoms. The molecule has 1 aromatic heterocycles. The molecule has 3 aromatic rings. The molecule has 2 N–H and O–H groups in total. The normalized spacial score (nSPS) is 14.2. The van der Waals surface area contributed by atoms with E-state index in [-0.39, 0.29) is 30.2 Å². The van der Waals surface area contributed by atoms with E-state index in [1.165, 1.54) is 29.4 Å². The van der Waals surface area contributed by atoms with Gasteiger partial charge >= 0.3 is 6.18 Å². The van der Waals surface area contributed by atoms with Crippen molar-refractivity contribution in [2.75, 3.05) is 18.4 Å². The second kappa shape index (κ2) is 10.9. The van der Waals surface area contributed by atoms with Gasteiger partial charge in [-0.15, -0.1) is 0 Å². The summed E-state index contributed by atoms with van der Waals surface area (Å²) < 4.78 is 66.0. The first-order valence-electron chi connectivity index (χ1n) is 11.4. The Kier molecular flexibility index (Phi) is 7.65. The number of carbonyl (C=O) groups excluding carboxylic acids is 3. The molecule has 0 bridgehead atoms. The van der Waals surface area contributed by atoms with Gasteiger partial charge in [0, 0.05) is 43.2 Å². The quantitative estimate of drug-likeness (QED) is 0.482. The molecule has 1 aliphatic rings. The number of aromatic nitrogens is 2. The predicted octanol–water partition coefficient (Wildman–Crippen LogP) is 4.06. The average molecular weight is 533 g/mol. The van der Waals surface area contributed by atoms with Crippen molar-refractivity contribution in [3.63, 3.8) is 0 Å². The number of likely N-dealkylation sites (tertiary alicyclic amines) is 1. The molecule has 13 heteroatoms. The SMILES string of the molecule is O=C(Nc1nccnc1C(=O)NC1CCN(C(=O)c2cccc(C(F)(F)F)c2)CC1)c1ccc(F)cc1F. The Balaban J connectivity index is 1.37. The lowest BCUT2D eigenvalue weighted by atomic mass is 10.0. The Morgan fingerprint density at radius 3 is 2.32 bits per heavy atom. The number of piperidine rings is 1. The van der Waals surface area contributed by atoms with Gasteiger partial charge in [-0.1, -0.05) is 6.07 Å². The van der Waals surface area contributed by atoms with Crippen LogP contribution in [0, 0.1) is 11.6 Å². The molecule has 1 fully saturated rings. The summed E-state index contributed by atoms with van der Waals surface area (Å²) in [6, 6.07) is 6.18. The summed E-state index contributed by atoms with van der Waals surface area (Å²) in [7, 11) is 0. The average Bonchev–Trinajstić information content (AvgIpc) is 2.88. The maximum absolute atomic E-state index is 13.9. The van der Waals surface area contributed by atoms with Crippen LogP contribution in [0.4, 0.5) is 27.8 Å². The van der Waals surface area contributed by atoms with Crippen LogP contribution < -0.4 is 10.6 Å². The van der Waals surface area contributed by atoms with E-state index in [2.05, 4.69) is 20.6 Å². The zero-order valence-corrected chi connectivity index (χ0v) is 19.6. The Morgan fingerprint density at radius 2 is 1.63 bits per heavy atom. The molecular formula is C25H20F5N5O3. The van der Waals surface area contributed by atoms with Crippen LogP contribution in [0.3, 0.4) is 0 Å². The summed E-state index contributed by atoms with van der Waals surface area (Å²) in [5.41, 5.74) is -1.70. The van der Waals surface area contributed by atoms with Gasteiger partial charge in [-0.25, -0.2) is 18.7 Å². The summed E-state index contributed by atoms with van der Waals surface area (Å²) >= 11 is 0. The monoisotopic (exact) mass is 533 g/mol. The van der Waals surface area contributed by atoms with E-state index in [1.807, 2.05) is 0 Å². The van der Waals surface area contributed by atoms with Gasteiger partial charge in [0.05, 0.1) is 11.1 Å². The lowest BCUT2D eigenvalue weighted by molar-refractivity contribution is -0.137. The van der Waals surface area contributed by atoms with Crippen LogP contribution in [0.1, 0.15) is 49.6 Å². The maximum atomic E-state index is 13.9. The van der Waals surface area contributed by atoms with E-state index in [1.54, 1.807) is 0 Å². The fraction of sp³-hybridized carbons (Fsp3) is 0.240. The Bertz CT molecular complexity index is 1370. The number of nitrogens with one attached hydrogen (secondary N) is 2. The van der Waals surface area contributed by atoms with Crippen molar-refractivity contribution in [3.05, 3.63) is 88.9 Å². The van der Waals surface area contributed by atoms with E-state index in [9.17, 15) is 36.3 Å². The number of nitrogens with zero attached hydrogens (tertiary/aromatic N) is 3. The molecule has 0 radical (unpaired) electrons. The summed E-state index contributed by atoms with van der Waals surface area (Å²) in [5.74, 6) is -4.39. The number of alkyl halides is 3. The van der Waals surface area contributed by atoms with Crippen molar-refractivity contribution in [1.82, 2.24) is 20.2 Å². The fourth-order valence-electron chi connectivity index (χ4n) is 3.94. The van der Waals surface area contributed by atoms with Crippen LogP contribution in [0.5, 0.6) is 0 Å². The zero-order chi connectivity index (χ0) is 27.4. The Labute approximate surface area is 212 Å². The van der Waals surface area contributed by atoms with Crippen LogP contribution in [-0.4, -0.2) is 51.7 Å². The largest absolute Gasteiger partial charge is 0.416 e. The van der Waals surface area contributed by atoms with Gasteiger partial charge < -0.3 is 15.5 Å². The molecule has 0 saturated carbocycles. The predicted molar refractivity (Wildman–Crippen MR) is 124 cm³/mol. The van der Waals surface area contributed by atoms with E-state index in [0.717, 1.165) is 24.3 Å². The van der Waals surface area contributed by atoms with E-state index < -0.39 is 52.7 Å². The molecule has 0 aliphatic carbocycles. The van der Waals surface area contributed by atoms with Crippen molar-refractivity contribution in [2.24, 2.45) is 0 Å². The minimum atomic E-state index is -4.57. The highest BCUT2D eigenvalue weighted by Gasteiger charge is 2.32. The van der Waals surface area contributed by atoms with Crippen LogP contribution in [0.25, 0.3) is 0 Å². The molecule has 198 valence electrons. The number of anilines is 1. The second-order valence-electron chi connectivity index (χ2n) is 8.45. The van der Waals surface area contributed by atoms with Crippen LogP contribution in [0.2, 0.25) is 0 Å². The van der Waals surface area contributed by atoms with Crippen LogP contribution >= 0.6 is 0 Å². The van der Waals surface area contributed by atoms with E-state index in [0.29, 0.717) is 18.9 Å². The molecule has 4 rings (SSSR count). The molecule has 1 aliphatic heterocycles. The first-order chi connectivity index (χ1) is 18.0. The van der Waals surface area contributed by atoms with Crippen molar-refractivity contribution in [1.29, 1.82) is 0 Å². The van der Waals surface area contributed by atoms with Crippen molar-refractivity contribution in [3.8, 4) is 0 Å². The fourth-order valence-corrected chi connectivity index (χ4v) is 3.94. The van der Waals surface area contributed by atoms with Gasteiger partial charge in [0.15, 0.2) is 11.5 Å². The van der Waals surface area contributed by atoms with Crippen LogP contribution in [-0.2, 0) is 6.18 Å². The molecule has 0 atom stereocenters. The number of amides is 3. The lowest BCUT2D eigenvalue weighted by Gasteiger charge is -2.32. The minimum Gasteiger partial charge on any atom is -0.348 e. The standard InChI is InChI=1S/C25H20F5N5O3/c26-16-4-5-18(19(27)13-16)22(36)34-21-20(31-8-9-32-21)23(37)33-17-6-10-35(11-7-17)24(38)14-2-1-3-15(12-14)25(28,29)30/h1-5,8-9,12-13,17H,6-7,10-11H2,(H,33,37)(H,32,34,36). The van der Waals surface area contributed by atoms with Gasteiger partial charge in [-0.3, -0.25) is 14.4 Å². The maximum Gasteiger partial charge on any atom is 0.416 e. The van der Waals surface area contributed by atoms with Crippen molar-refractivity contribution in [2.45, 2.75) is 25.1 Å². The Hall–Kier alpha value is -4.42. The summed E-state index contributed by atoms with van der Waals surface area (Å²) in [6.45, 7) is 0.377. The highest BCUT2D eigenvalue weighted by Crippen LogP contribution is 2.30. The first-order valence-corrected chi connectivity index (χ1v) is 11.4. The minimum absolute atomic E-state index is 0.0835. The molecule has 0 unspecified atom stereocenters. The van der Waals surface area contributed by atoms with Gasteiger partial charge in [0.1, 0.15) is 11.6 Å². The van der Waals surface area contributed by atoms with E-state index >= 15 is 0 Å². The highest BCUT2D eigenvalue weighted by molar-refractivity contribution is 6.07. The molecular weight excluding hydrogens is 513 g/mol. The third kappa shape index (κ3) is 6.10. The smallest absolute Gasteiger partial charge is 0.348 e. The van der Waals surface area contributed by atoms with Crippen LogP contribution in [0.15, 0.2) is 54.9 Å². The van der Waals surface area contributed by atoms with Gasteiger partial charge in [0.25, 0.3) is 17.7 Å². The lowest BCUT2D eigenvalue weighted by Crippen LogP contribution is -2.46. The van der Waals surface area contributed by atoms with Crippen molar-refractivity contribution >= 4 is 23.5 Å². The number of hydrogen-bond donors (Lipinski definition) is 2. The Morgan fingerprint density at radius 1 is 0.921 bits per heavy atom. The summed E-state index contributed by atoms with van der Waals surface area (Å²) in [4.78, 5) is 47.2. The molecule has 2 aromatic carbocycles. The number of halogens is 5. The van der Waals surface area contributed by atoms with Gasteiger partial charge in [-0.05, 0) is 43.2 Å². The topological polar surface area (TPSA) is 104 Å². The highest BCUT2D eigenvalue weighted by atomic mass is 19.4. The van der Waals surface area contributed by atoms with Crippen molar-refractivity contribution < 1.29 is 36.3 Å². The molecule has 1 saturated heterocycles. The third-order valence-electron chi connectivity index (χ3n) is 5.88. The molecule has 3 amide bonds. The summed E-state index contributed by atoms with van der Waals surface area (Å²) in [6.07, 6.45) is -1.50. The first kappa shape index (κ1) is 26.6. The molecule has 2 heterocycles. The number of rotatable bonds is 5. The number of benzene rings is 2. The van der Waals surface area contributed by atoms with E-state index in [4.69, 9.17) is 0 Å². The second-order valence-corrected chi connectivity index (χ2v) is 8.45. The number of carbonyl (C=O) groups is 3. The molecule has 8 nitrogen and oxygen atoms in total. The molecule has 0 spiro atoms. The summed E-state index contributed by atoms with van der Waals surface area (Å²) in [5, 5.41) is 5.02. The third-order valence-corrected chi connectivity index (χ3v) is 5.88.